The molecular weight excluding hydrogens is 438 g/mol. The first-order valence-electron chi connectivity index (χ1n) is 10.5. The molecule has 1 aliphatic heterocycles. The highest BCUT2D eigenvalue weighted by Gasteiger charge is 2.22. The minimum atomic E-state index is -3.76. The third kappa shape index (κ3) is 5.30. The van der Waals surface area contributed by atoms with Crippen molar-refractivity contribution in [1.29, 1.82) is 5.26 Å². The molecule has 0 radical (unpaired) electrons. The van der Waals surface area contributed by atoms with Gasteiger partial charge in [-0.15, -0.1) is 0 Å². The molecule has 4 rings (SSSR count). The summed E-state index contributed by atoms with van der Waals surface area (Å²) in [6.07, 6.45) is 3.82. The number of amides is 1. The van der Waals surface area contributed by atoms with Gasteiger partial charge in [0.15, 0.2) is 0 Å². The first-order chi connectivity index (χ1) is 16.0. The second-order valence-corrected chi connectivity index (χ2v) is 9.34. The molecule has 9 heteroatoms. The van der Waals surface area contributed by atoms with Crippen LogP contribution in [-0.2, 0) is 10.0 Å². The molecule has 1 saturated heterocycles. The maximum absolute atomic E-state index is 13.0. The Hall–Kier alpha value is -3.90. The number of nitrogens with zero attached hydrogens (tertiary/aromatic N) is 4. The molecule has 1 amide bonds. The van der Waals surface area contributed by atoms with Crippen molar-refractivity contribution >= 4 is 27.3 Å². The van der Waals surface area contributed by atoms with E-state index in [0.717, 1.165) is 18.7 Å². The van der Waals surface area contributed by atoms with Crippen LogP contribution < -0.4 is 9.62 Å². The lowest BCUT2D eigenvalue weighted by Crippen LogP contribution is -2.35. The van der Waals surface area contributed by atoms with Crippen LogP contribution in [0.3, 0.4) is 0 Å². The molecule has 0 spiro atoms. The van der Waals surface area contributed by atoms with E-state index in [9.17, 15) is 13.2 Å². The Kier molecular flexibility index (Phi) is 6.56. The van der Waals surface area contributed by atoms with Gasteiger partial charge in [-0.1, -0.05) is 0 Å². The van der Waals surface area contributed by atoms with E-state index in [4.69, 9.17) is 5.26 Å². The van der Waals surface area contributed by atoms with Crippen LogP contribution in [0.5, 0.6) is 0 Å². The number of benzene rings is 2. The Morgan fingerprint density at radius 3 is 2.27 bits per heavy atom. The van der Waals surface area contributed by atoms with Crippen LogP contribution in [0.25, 0.3) is 0 Å². The Balaban J connectivity index is 1.41. The highest BCUT2D eigenvalue weighted by atomic mass is 32.2. The minimum absolute atomic E-state index is 0.0821. The molecule has 8 nitrogen and oxygen atoms in total. The summed E-state index contributed by atoms with van der Waals surface area (Å²) >= 11 is 0. The minimum Gasteiger partial charge on any atom is -0.370 e. The summed E-state index contributed by atoms with van der Waals surface area (Å²) in [7, 11) is -3.76. The molecule has 1 fully saturated rings. The number of hydrogen-bond acceptors (Lipinski definition) is 6. The number of anilines is 2. The van der Waals surface area contributed by atoms with Crippen molar-refractivity contribution in [3.63, 3.8) is 0 Å². The molecule has 1 N–H and O–H groups in total. The SMILES string of the molecule is N#Cc1ccc(N2CCCN(C(=O)c3ccc(S(=O)(=O)Nc4ccncc4)cc3)CC2)cc1. The van der Waals surface area contributed by atoms with Crippen molar-refractivity contribution in [3.05, 3.63) is 84.2 Å². The third-order valence-corrected chi connectivity index (χ3v) is 6.89. The van der Waals surface area contributed by atoms with Crippen LogP contribution in [0.4, 0.5) is 11.4 Å². The van der Waals surface area contributed by atoms with E-state index in [-0.39, 0.29) is 10.8 Å². The molecule has 3 aromatic rings. The van der Waals surface area contributed by atoms with Crippen molar-refractivity contribution in [3.8, 4) is 6.07 Å². The first-order valence-corrected chi connectivity index (χ1v) is 12.0. The molecule has 33 heavy (non-hydrogen) atoms. The normalized spacial score (nSPS) is 14.3. The van der Waals surface area contributed by atoms with Crippen LogP contribution in [0.2, 0.25) is 0 Å². The predicted octanol–water partition coefficient (Wildman–Crippen LogP) is 3.11. The molecule has 0 saturated carbocycles. The monoisotopic (exact) mass is 461 g/mol. The van der Waals surface area contributed by atoms with Gasteiger partial charge in [0.2, 0.25) is 0 Å². The van der Waals surface area contributed by atoms with E-state index in [2.05, 4.69) is 20.7 Å². The van der Waals surface area contributed by atoms with E-state index in [1.54, 1.807) is 41.3 Å². The lowest BCUT2D eigenvalue weighted by Gasteiger charge is -2.24. The van der Waals surface area contributed by atoms with Crippen molar-refractivity contribution < 1.29 is 13.2 Å². The highest BCUT2D eigenvalue weighted by Crippen LogP contribution is 2.20. The van der Waals surface area contributed by atoms with E-state index < -0.39 is 10.0 Å². The molecule has 0 unspecified atom stereocenters. The predicted molar refractivity (Wildman–Crippen MR) is 125 cm³/mol. The van der Waals surface area contributed by atoms with E-state index in [1.165, 1.54) is 24.5 Å². The first kappa shape index (κ1) is 22.3. The number of nitriles is 1. The zero-order chi connectivity index (χ0) is 23.3. The fourth-order valence-corrected chi connectivity index (χ4v) is 4.78. The number of pyridine rings is 1. The van der Waals surface area contributed by atoms with Crippen molar-refractivity contribution in [1.82, 2.24) is 9.88 Å². The third-order valence-electron chi connectivity index (χ3n) is 5.49. The summed E-state index contributed by atoms with van der Waals surface area (Å²) in [5.74, 6) is -0.122. The summed E-state index contributed by atoms with van der Waals surface area (Å²) in [5.41, 5.74) is 2.51. The summed E-state index contributed by atoms with van der Waals surface area (Å²) < 4.78 is 27.7. The van der Waals surface area contributed by atoms with Crippen LogP contribution >= 0.6 is 0 Å². The Bertz CT molecular complexity index is 1250. The molecular formula is C24H23N5O3S. The maximum Gasteiger partial charge on any atom is 0.261 e. The second-order valence-electron chi connectivity index (χ2n) is 7.66. The molecule has 2 aromatic carbocycles. The molecule has 168 valence electrons. The second kappa shape index (κ2) is 9.71. The van der Waals surface area contributed by atoms with Gasteiger partial charge in [-0.25, -0.2) is 8.42 Å². The molecule has 1 aromatic heterocycles. The van der Waals surface area contributed by atoms with Gasteiger partial charge in [0.25, 0.3) is 15.9 Å². The van der Waals surface area contributed by atoms with Crippen LogP contribution in [0.15, 0.2) is 78.0 Å². The highest BCUT2D eigenvalue weighted by molar-refractivity contribution is 7.92. The molecule has 0 bridgehead atoms. The van der Waals surface area contributed by atoms with Gasteiger partial charge >= 0.3 is 0 Å². The lowest BCUT2D eigenvalue weighted by molar-refractivity contribution is 0.0767. The van der Waals surface area contributed by atoms with E-state index >= 15 is 0 Å². The maximum atomic E-state index is 13.0. The van der Waals surface area contributed by atoms with E-state index in [1.807, 2.05) is 12.1 Å². The van der Waals surface area contributed by atoms with Crippen molar-refractivity contribution in [2.24, 2.45) is 0 Å². The summed E-state index contributed by atoms with van der Waals surface area (Å²) in [5, 5.41) is 8.97. The van der Waals surface area contributed by atoms with Gasteiger partial charge in [-0.3, -0.25) is 14.5 Å². The Morgan fingerprint density at radius 2 is 1.61 bits per heavy atom. The summed E-state index contributed by atoms with van der Waals surface area (Å²) in [6.45, 7) is 2.67. The van der Waals surface area contributed by atoms with Crippen molar-refractivity contribution in [2.75, 3.05) is 35.8 Å². The zero-order valence-corrected chi connectivity index (χ0v) is 18.7. The Labute approximate surface area is 193 Å². The summed E-state index contributed by atoms with van der Waals surface area (Å²) in [6, 6.07) is 18.7. The van der Waals surface area contributed by atoms with Gasteiger partial charge in [0.1, 0.15) is 0 Å². The molecule has 0 aliphatic carbocycles. The van der Waals surface area contributed by atoms with Crippen LogP contribution in [0, 0.1) is 11.3 Å². The number of nitrogens with one attached hydrogen (secondary N) is 1. The number of carbonyl (C=O) groups excluding carboxylic acids is 1. The average molecular weight is 462 g/mol. The topological polar surface area (TPSA) is 106 Å². The number of rotatable bonds is 5. The lowest BCUT2D eigenvalue weighted by atomic mass is 10.2. The number of aromatic nitrogens is 1. The quantitative estimate of drug-likeness (QED) is 0.626. The fraction of sp³-hybridized carbons (Fsp3) is 0.208. The molecule has 0 atom stereocenters. The van der Waals surface area contributed by atoms with Crippen LogP contribution in [0.1, 0.15) is 22.3 Å². The standard InChI is InChI=1S/C24H23N5O3S/c25-18-19-2-6-22(7-3-19)28-14-1-15-29(17-16-28)24(30)20-4-8-23(9-5-20)33(31,32)27-21-10-12-26-13-11-21/h2-13H,1,14-17H2,(H,26,27). The van der Waals surface area contributed by atoms with Gasteiger partial charge in [-0.05, 0) is 67.1 Å². The average Bonchev–Trinajstić information content (AvgIpc) is 3.10. The molecule has 1 aliphatic rings. The zero-order valence-electron chi connectivity index (χ0n) is 17.9. The number of sulfonamides is 1. The number of hydrogen-bond donors (Lipinski definition) is 1. The van der Waals surface area contributed by atoms with Gasteiger partial charge in [-0.2, -0.15) is 5.26 Å². The smallest absolute Gasteiger partial charge is 0.261 e. The van der Waals surface area contributed by atoms with Gasteiger partial charge < -0.3 is 9.80 Å². The Morgan fingerprint density at radius 1 is 0.909 bits per heavy atom. The van der Waals surface area contributed by atoms with Gasteiger partial charge in [0.05, 0.1) is 22.2 Å². The fourth-order valence-electron chi connectivity index (χ4n) is 3.72. The van der Waals surface area contributed by atoms with Crippen molar-refractivity contribution in [2.45, 2.75) is 11.3 Å². The van der Waals surface area contributed by atoms with Gasteiger partial charge in [0, 0.05) is 49.8 Å². The van der Waals surface area contributed by atoms with E-state index in [0.29, 0.717) is 36.4 Å². The summed E-state index contributed by atoms with van der Waals surface area (Å²) in [4.78, 5) is 21.0. The largest absolute Gasteiger partial charge is 0.370 e. The molecule has 2 heterocycles. The van der Waals surface area contributed by atoms with Crippen LogP contribution in [-0.4, -0.2) is 50.4 Å². The number of carbonyl (C=O) groups is 1.